The van der Waals surface area contributed by atoms with Gasteiger partial charge in [0.25, 0.3) is 0 Å². The third-order valence-corrected chi connectivity index (χ3v) is 4.51. The van der Waals surface area contributed by atoms with Crippen LogP contribution in [0, 0.1) is 12.9 Å². The topological polar surface area (TPSA) is 54.5 Å². The standard InChI is InChI=1S/C20H16ClFN4/c1-12-2-3-13(9-23-12)6-17-5-4-14(19(22)26-17)7-15-10-24-20-18(15)8-16(21)11-25-20/h2-5,8-11H,6-7H2,1H3,(H,24,25). The van der Waals surface area contributed by atoms with Crippen LogP contribution < -0.4 is 0 Å². The summed E-state index contributed by atoms with van der Waals surface area (Å²) in [4.78, 5) is 15.7. The third-order valence-electron chi connectivity index (χ3n) is 4.31. The van der Waals surface area contributed by atoms with E-state index >= 15 is 0 Å². The van der Waals surface area contributed by atoms with Crippen LogP contribution in [0.2, 0.25) is 5.02 Å². The average Bonchev–Trinajstić information content (AvgIpc) is 3.01. The molecule has 26 heavy (non-hydrogen) atoms. The fourth-order valence-electron chi connectivity index (χ4n) is 2.93. The second kappa shape index (κ2) is 6.84. The molecule has 0 saturated carbocycles. The van der Waals surface area contributed by atoms with Crippen molar-refractivity contribution < 1.29 is 4.39 Å². The minimum absolute atomic E-state index is 0.424. The lowest BCUT2D eigenvalue weighted by Gasteiger charge is -2.06. The molecule has 130 valence electrons. The van der Waals surface area contributed by atoms with Crippen LogP contribution in [0.15, 0.2) is 48.9 Å². The van der Waals surface area contributed by atoms with Crippen molar-refractivity contribution in [1.29, 1.82) is 0 Å². The summed E-state index contributed by atoms with van der Waals surface area (Å²) in [6.45, 7) is 1.93. The van der Waals surface area contributed by atoms with Gasteiger partial charge in [-0.3, -0.25) is 4.98 Å². The number of nitrogens with one attached hydrogen (secondary N) is 1. The van der Waals surface area contributed by atoms with Crippen molar-refractivity contribution >= 4 is 22.6 Å². The predicted molar refractivity (Wildman–Crippen MR) is 99.9 cm³/mol. The minimum atomic E-state index is -0.452. The highest BCUT2D eigenvalue weighted by atomic mass is 35.5. The highest BCUT2D eigenvalue weighted by Gasteiger charge is 2.11. The summed E-state index contributed by atoms with van der Waals surface area (Å²) in [5.74, 6) is -0.452. The summed E-state index contributed by atoms with van der Waals surface area (Å²) in [5.41, 5.74) is 4.86. The van der Waals surface area contributed by atoms with Crippen LogP contribution in [-0.4, -0.2) is 19.9 Å². The molecular weight excluding hydrogens is 351 g/mol. The van der Waals surface area contributed by atoms with Crippen LogP contribution in [0.5, 0.6) is 0 Å². The molecule has 0 spiro atoms. The van der Waals surface area contributed by atoms with E-state index in [1.54, 1.807) is 18.5 Å². The van der Waals surface area contributed by atoms with Gasteiger partial charge in [-0.05, 0) is 36.2 Å². The molecule has 0 radical (unpaired) electrons. The van der Waals surface area contributed by atoms with Gasteiger partial charge < -0.3 is 4.98 Å². The van der Waals surface area contributed by atoms with E-state index in [2.05, 4.69) is 19.9 Å². The monoisotopic (exact) mass is 366 g/mol. The Morgan fingerprint density at radius 1 is 1.04 bits per heavy atom. The van der Waals surface area contributed by atoms with Gasteiger partial charge in [0.15, 0.2) is 0 Å². The van der Waals surface area contributed by atoms with Crippen LogP contribution >= 0.6 is 11.6 Å². The first kappa shape index (κ1) is 16.7. The lowest BCUT2D eigenvalue weighted by Crippen LogP contribution is -2.00. The Labute approximate surface area is 155 Å². The van der Waals surface area contributed by atoms with Crippen molar-refractivity contribution in [2.24, 2.45) is 0 Å². The molecule has 0 fully saturated rings. The van der Waals surface area contributed by atoms with Gasteiger partial charge in [-0.2, -0.15) is 4.39 Å². The van der Waals surface area contributed by atoms with Crippen LogP contribution in [0.4, 0.5) is 4.39 Å². The normalized spacial score (nSPS) is 11.2. The first-order valence-electron chi connectivity index (χ1n) is 8.26. The minimum Gasteiger partial charge on any atom is -0.346 e. The molecule has 0 saturated heterocycles. The van der Waals surface area contributed by atoms with Crippen molar-refractivity contribution in [2.45, 2.75) is 19.8 Å². The molecule has 0 amide bonds. The Balaban J connectivity index is 1.57. The maximum absolute atomic E-state index is 14.5. The van der Waals surface area contributed by atoms with E-state index in [0.29, 0.717) is 29.1 Å². The zero-order chi connectivity index (χ0) is 18.1. The molecule has 4 aromatic heterocycles. The maximum atomic E-state index is 14.5. The molecule has 1 N–H and O–H groups in total. The first-order valence-corrected chi connectivity index (χ1v) is 8.63. The molecule has 0 atom stereocenters. The van der Waals surface area contributed by atoms with E-state index in [1.807, 2.05) is 37.4 Å². The summed E-state index contributed by atoms with van der Waals surface area (Å²) < 4.78 is 14.5. The molecule has 6 heteroatoms. The number of nitrogens with zero attached hydrogens (tertiary/aromatic N) is 3. The van der Waals surface area contributed by atoms with Gasteiger partial charge in [-0.25, -0.2) is 9.97 Å². The summed E-state index contributed by atoms with van der Waals surface area (Å²) in [6.07, 6.45) is 6.19. The number of hydrogen-bond donors (Lipinski definition) is 1. The Morgan fingerprint density at radius 2 is 1.92 bits per heavy atom. The largest absolute Gasteiger partial charge is 0.346 e. The molecule has 0 unspecified atom stereocenters. The number of hydrogen-bond acceptors (Lipinski definition) is 3. The van der Waals surface area contributed by atoms with E-state index in [0.717, 1.165) is 27.9 Å². The van der Waals surface area contributed by atoms with Gasteiger partial charge in [-0.15, -0.1) is 0 Å². The number of fused-ring (bicyclic) bond motifs is 1. The van der Waals surface area contributed by atoms with Crippen molar-refractivity contribution in [3.63, 3.8) is 0 Å². The van der Waals surface area contributed by atoms with Crippen LogP contribution in [0.3, 0.4) is 0 Å². The van der Waals surface area contributed by atoms with E-state index in [4.69, 9.17) is 11.6 Å². The summed E-state index contributed by atoms with van der Waals surface area (Å²) in [6, 6.07) is 9.41. The highest BCUT2D eigenvalue weighted by molar-refractivity contribution is 6.31. The Hall–Kier alpha value is -2.79. The van der Waals surface area contributed by atoms with Crippen molar-refractivity contribution in [2.75, 3.05) is 0 Å². The Kier molecular flexibility index (Phi) is 4.39. The molecule has 0 aliphatic heterocycles. The van der Waals surface area contributed by atoms with Gasteiger partial charge in [0.05, 0.1) is 5.02 Å². The molecular formula is C20H16ClFN4. The molecule has 4 heterocycles. The van der Waals surface area contributed by atoms with Gasteiger partial charge in [0, 0.05) is 53.8 Å². The molecule has 0 aliphatic rings. The van der Waals surface area contributed by atoms with Gasteiger partial charge in [0.1, 0.15) is 5.65 Å². The van der Waals surface area contributed by atoms with E-state index in [9.17, 15) is 4.39 Å². The lowest BCUT2D eigenvalue weighted by atomic mass is 10.0. The molecule has 0 aliphatic carbocycles. The summed E-state index contributed by atoms with van der Waals surface area (Å²) in [5, 5.41) is 1.45. The Morgan fingerprint density at radius 3 is 2.69 bits per heavy atom. The first-order chi connectivity index (χ1) is 12.6. The quantitative estimate of drug-likeness (QED) is 0.535. The molecule has 0 aromatic carbocycles. The fraction of sp³-hybridized carbons (Fsp3) is 0.150. The molecule has 4 nitrogen and oxygen atoms in total. The van der Waals surface area contributed by atoms with Gasteiger partial charge in [-0.1, -0.05) is 23.7 Å². The number of rotatable bonds is 4. The summed E-state index contributed by atoms with van der Waals surface area (Å²) >= 11 is 6.02. The number of aromatic amines is 1. The average molecular weight is 367 g/mol. The van der Waals surface area contributed by atoms with Crippen molar-refractivity contribution in [3.05, 3.63) is 88.0 Å². The SMILES string of the molecule is Cc1ccc(Cc2ccc(Cc3c[nH]c4ncc(Cl)cc34)c(F)n2)cn1. The zero-order valence-corrected chi connectivity index (χ0v) is 14.9. The number of pyridine rings is 3. The smallest absolute Gasteiger partial charge is 0.216 e. The predicted octanol–water partition coefficient (Wildman–Crippen LogP) is 4.64. The van der Waals surface area contributed by atoms with Crippen LogP contribution in [0.25, 0.3) is 11.0 Å². The van der Waals surface area contributed by atoms with Crippen molar-refractivity contribution in [3.8, 4) is 0 Å². The second-order valence-electron chi connectivity index (χ2n) is 6.28. The van der Waals surface area contributed by atoms with Crippen LogP contribution in [-0.2, 0) is 12.8 Å². The van der Waals surface area contributed by atoms with E-state index < -0.39 is 5.95 Å². The number of H-pyrrole nitrogens is 1. The third kappa shape index (κ3) is 3.44. The van der Waals surface area contributed by atoms with E-state index in [1.165, 1.54) is 0 Å². The number of halogens is 2. The van der Waals surface area contributed by atoms with Crippen LogP contribution in [0.1, 0.15) is 28.1 Å². The van der Waals surface area contributed by atoms with Gasteiger partial charge >= 0.3 is 0 Å². The van der Waals surface area contributed by atoms with E-state index in [-0.39, 0.29) is 0 Å². The molecule has 4 aromatic rings. The maximum Gasteiger partial charge on any atom is 0.216 e. The van der Waals surface area contributed by atoms with Crippen molar-refractivity contribution in [1.82, 2.24) is 19.9 Å². The molecule has 4 rings (SSSR count). The van der Waals surface area contributed by atoms with Gasteiger partial charge in [0.2, 0.25) is 5.95 Å². The highest BCUT2D eigenvalue weighted by Crippen LogP contribution is 2.23. The lowest BCUT2D eigenvalue weighted by molar-refractivity contribution is 0.565. The fourth-order valence-corrected chi connectivity index (χ4v) is 3.08. The number of aromatic nitrogens is 4. The second-order valence-corrected chi connectivity index (χ2v) is 6.71. The Bertz CT molecular complexity index is 1070. The molecule has 0 bridgehead atoms. The summed E-state index contributed by atoms with van der Waals surface area (Å²) in [7, 11) is 0. The number of aryl methyl sites for hydroxylation is 1. The zero-order valence-electron chi connectivity index (χ0n) is 14.1.